The molecule has 2 amide bonds. The number of carbonyl (C=O) groups excluding carboxylic acids is 2. The highest BCUT2D eigenvalue weighted by Gasteiger charge is 2.26. The zero-order chi connectivity index (χ0) is 13.0. The molecule has 6 heteroatoms. The molecule has 0 unspecified atom stereocenters. The van der Waals surface area contributed by atoms with E-state index < -0.39 is 0 Å². The van der Waals surface area contributed by atoms with Crippen molar-refractivity contribution >= 4 is 11.8 Å². The summed E-state index contributed by atoms with van der Waals surface area (Å²) in [6.07, 6.45) is 2.15. The lowest BCUT2D eigenvalue weighted by Crippen LogP contribution is -2.54. The number of nitrogens with one attached hydrogen (secondary N) is 2. The van der Waals surface area contributed by atoms with Crippen LogP contribution in [0.4, 0.5) is 0 Å². The normalized spacial score (nSPS) is 25.4. The molecular weight excluding hydrogens is 232 g/mol. The predicted molar refractivity (Wildman–Crippen MR) is 68.1 cm³/mol. The van der Waals surface area contributed by atoms with Crippen molar-refractivity contribution in [2.75, 3.05) is 46.3 Å². The van der Waals surface area contributed by atoms with Crippen molar-refractivity contribution in [3.63, 3.8) is 0 Å². The lowest BCUT2D eigenvalue weighted by molar-refractivity contribution is -0.141. The Morgan fingerprint density at radius 3 is 3.06 bits per heavy atom. The summed E-state index contributed by atoms with van der Waals surface area (Å²) in [6.45, 7) is 3.57. The SMILES string of the molecule is CN[C@@H]1CCCN(C(=O)CN2CCNCC2=O)C1. The largest absolute Gasteiger partial charge is 0.340 e. The van der Waals surface area contributed by atoms with Crippen LogP contribution in [-0.2, 0) is 9.59 Å². The zero-order valence-electron chi connectivity index (χ0n) is 10.9. The van der Waals surface area contributed by atoms with E-state index in [1.807, 2.05) is 11.9 Å². The highest BCUT2D eigenvalue weighted by molar-refractivity contribution is 5.86. The van der Waals surface area contributed by atoms with E-state index in [-0.39, 0.29) is 18.4 Å². The molecule has 18 heavy (non-hydrogen) atoms. The number of amides is 2. The number of piperazine rings is 1. The fourth-order valence-corrected chi connectivity index (χ4v) is 2.52. The summed E-state index contributed by atoms with van der Waals surface area (Å²) >= 11 is 0. The number of nitrogens with zero attached hydrogens (tertiary/aromatic N) is 2. The third kappa shape index (κ3) is 3.20. The number of hydrogen-bond acceptors (Lipinski definition) is 4. The van der Waals surface area contributed by atoms with Gasteiger partial charge in [-0.1, -0.05) is 0 Å². The van der Waals surface area contributed by atoms with Crippen LogP contribution in [0.15, 0.2) is 0 Å². The molecular formula is C12H22N4O2. The Balaban J connectivity index is 1.85. The van der Waals surface area contributed by atoms with Gasteiger partial charge in [-0.2, -0.15) is 0 Å². The van der Waals surface area contributed by atoms with Gasteiger partial charge in [0.1, 0.15) is 0 Å². The van der Waals surface area contributed by atoms with Crippen LogP contribution < -0.4 is 10.6 Å². The van der Waals surface area contributed by atoms with E-state index in [0.29, 0.717) is 19.1 Å². The predicted octanol–water partition coefficient (Wildman–Crippen LogP) is -1.37. The second-order valence-corrected chi connectivity index (χ2v) is 4.96. The van der Waals surface area contributed by atoms with E-state index in [1.165, 1.54) is 0 Å². The van der Waals surface area contributed by atoms with Gasteiger partial charge in [0.25, 0.3) is 0 Å². The maximum absolute atomic E-state index is 12.2. The van der Waals surface area contributed by atoms with Crippen LogP contribution in [0.25, 0.3) is 0 Å². The standard InChI is InChI=1S/C12H22N4O2/c1-13-10-3-2-5-15(8-10)12(18)9-16-6-4-14-7-11(16)17/h10,13-14H,2-9H2,1H3/t10-/m1/s1. The summed E-state index contributed by atoms with van der Waals surface area (Å²) in [5.41, 5.74) is 0. The molecule has 2 rings (SSSR count). The molecule has 0 aromatic carbocycles. The fraction of sp³-hybridized carbons (Fsp3) is 0.833. The number of likely N-dealkylation sites (tertiary alicyclic amines) is 1. The second-order valence-electron chi connectivity index (χ2n) is 4.96. The van der Waals surface area contributed by atoms with Crippen LogP contribution >= 0.6 is 0 Å². The molecule has 2 heterocycles. The first kappa shape index (κ1) is 13.3. The van der Waals surface area contributed by atoms with Crippen LogP contribution in [0.5, 0.6) is 0 Å². The molecule has 1 atom stereocenters. The molecule has 0 aliphatic carbocycles. The minimum Gasteiger partial charge on any atom is -0.340 e. The van der Waals surface area contributed by atoms with Gasteiger partial charge in [-0.3, -0.25) is 9.59 Å². The Morgan fingerprint density at radius 2 is 2.33 bits per heavy atom. The Kier molecular flexibility index (Phi) is 4.54. The Bertz CT molecular complexity index is 321. The van der Waals surface area contributed by atoms with E-state index in [1.54, 1.807) is 4.90 Å². The van der Waals surface area contributed by atoms with Crippen LogP contribution in [0.1, 0.15) is 12.8 Å². The number of rotatable bonds is 3. The number of carbonyl (C=O) groups is 2. The first-order chi connectivity index (χ1) is 8.70. The van der Waals surface area contributed by atoms with Crippen molar-refractivity contribution in [1.82, 2.24) is 20.4 Å². The summed E-state index contributed by atoms with van der Waals surface area (Å²) < 4.78 is 0. The Morgan fingerprint density at radius 1 is 1.50 bits per heavy atom. The maximum atomic E-state index is 12.2. The van der Waals surface area contributed by atoms with Gasteiger partial charge < -0.3 is 20.4 Å². The average molecular weight is 254 g/mol. The molecule has 0 bridgehead atoms. The summed E-state index contributed by atoms with van der Waals surface area (Å²) in [7, 11) is 1.93. The minimum atomic E-state index is 0.0248. The summed E-state index contributed by atoms with van der Waals surface area (Å²) in [5.74, 6) is 0.0991. The van der Waals surface area contributed by atoms with Crippen LogP contribution in [0.2, 0.25) is 0 Å². The van der Waals surface area contributed by atoms with Gasteiger partial charge in [-0.05, 0) is 19.9 Å². The number of likely N-dealkylation sites (N-methyl/N-ethyl adjacent to an activating group) is 1. The number of hydrogen-bond donors (Lipinski definition) is 2. The quantitative estimate of drug-likeness (QED) is 0.652. The third-order valence-corrected chi connectivity index (χ3v) is 3.70. The topological polar surface area (TPSA) is 64.7 Å². The molecule has 0 saturated carbocycles. The smallest absolute Gasteiger partial charge is 0.242 e. The van der Waals surface area contributed by atoms with Crippen molar-refractivity contribution in [3.05, 3.63) is 0 Å². The van der Waals surface area contributed by atoms with Crippen molar-refractivity contribution in [2.45, 2.75) is 18.9 Å². The maximum Gasteiger partial charge on any atom is 0.242 e. The van der Waals surface area contributed by atoms with E-state index in [4.69, 9.17) is 0 Å². The summed E-state index contributed by atoms with van der Waals surface area (Å²) in [6, 6.07) is 0.390. The van der Waals surface area contributed by atoms with Crippen LogP contribution in [0.3, 0.4) is 0 Å². The van der Waals surface area contributed by atoms with E-state index in [9.17, 15) is 9.59 Å². The summed E-state index contributed by atoms with van der Waals surface area (Å²) in [4.78, 5) is 27.3. The molecule has 0 radical (unpaired) electrons. The fourth-order valence-electron chi connectivity index (χ4n) is 2.52. The third-order valence-electron chi connectivity index (χ3n) is 3.70. The zero-order valence-corrected chi connectivity index (χ0v) is 10.9. The van der Waals surface area contributed by atoms with Gasteiger partial charge >= 0.3 is 0 Å². The van der Waals surface area contributed by atoms with Crippen molar-refractivity contribution in [1.29, 1.82) is 0 Å². The van der Waals surface area contributed by atoms with Crippen molar-refractivity contribution in [3.8, 4) is 0 Å². The van der Waals surface area contributed by atoms with Gasteiger partial charge in [0.05, 0.1) is 13.1 Å². The van der Waals surface area contributed by atoms with Crippen molar-refractivity contribution in [2.24, 2.45) is 0 Å². The van der Waals surface area contributed by atoms with Gasteiger partial charge in [-0.15, -0.1) is 0 Å². The van der Waals surface area contributed by atoms with Crippen LogP contribution in [-0.4, -0.2) is 74.0 Å². The molecule has 2 aliphatic rings. The second kappa shape index (κ2) is 6.15. The summed E-state index contributed by atoms with van der Waals surface area (Å²) in [5, 5.41) is 6.22. The van der Waals surface area contributed by atoms with Gasteiger partial charge in [0.2, 0.25) is 11.8 Å². The van der Waals surface area contributed by atoms with E-state index >= 15 is 0 Å². The molecule has 0 aromatic heterocycles. The van der Waals surface area contributed by atoms with Gasteiger partial charge in [-0.25, -0.2) is 0 Å². The molecule has 2 aliphatic heterocycles. The molecule has 102 valence electrons. The lowest BCUT2D eigenvalue weighted by Gasteiger charge is -2.35. The first-order valence-corrected chi connectivity index (χ1v) is 6.64. The Labute approximate surface area is 108 Å². The average Bonchev–Trinajstić information content (AvgIpc) is 2.41. The highest BCUT2D eigenvalue weighted by Crippen LogP contribution is 2.10. The monoisotopic (exact) mass is 254 g/mol. The Hall–Kier alpha value is -1.14. The van der Waals surface area contributed by atoms with E-state index in [2.05, 4.69) is 10.6 Å². The number of piperidine rings is 1. The van der Waals surface area contributed by atoms with Gasteiger partial charge in [0.15, 0.2) is 0 Å². The molecule has 2 saturated heterocycles. The molecule has 0 spiro atoms. The molecule has 6 nitrogen and oxygen atoms in total. The highest BCUT2D eigenvalue weighted by atomic mass is 16.2. The van der Waals surface area contributed by atoms with Gasteiger partial charge in [0, 0.05) is 32.2 Å². The van der Waals surface area contributed by atoms with Crippen LogP contribution in [0, 0.1) is 0 Å². The first-order valence-electron chi connectivity index (χ1n) is 6.64. The van der Waals surface area contributed by atoms with E-state index in [0.717, 1.165) is 32.5 Å². The lowest BCUT2D eigenvalue weighted by atomic mass is 10.1. The molecule has 2 fully saturated rings. The molecule has 0 aromatic rings. The van der Waals surface area contributed by atoms with Crippen molar-refractivity contribution < 1.29 is 9.59 Å². The minimum absolute atomic E-state index is 0.0248. The molecule has 2 N–H and O–H groups in total.